The minimum Gasteiger partial charge on any atom is -0.481 e. The van der Waals surface area contributed by atoms with Crippen molar-refractivity contribution in [2.75, 3.05) is 0 Å². The van der Waals surface area contributed by atoms with Crippen molar-refractivity contribution in [3.05, 3.63) is 35.4 Å². The first kappa shape index (κ1) is 9.25. The summed E-state index contributed by atoms with van der Waals surface area (Å²) >= 11 is 0. The van der Waals surface area contributed by atoms with Crippen LogP contribution in [0.4, 0.5) is 0 Å². The first-order valence-electron chi connectivity index (χ1n) is 5.05. The standard InChI is InChI=1S/C12H14O2/c1-2-8-7-11(12(13)14)10-6-4-3-5-9(8)10/h3-6,8,11H,2,7H2,1H3,(H,13,14). The predicted molar refractivity (Wildman–Crippen MR) is 54.5 cm³/mol. The fourth-order valence-corrected chi connectivity index (χ4v) is 2.36. The number of benzene rings is 1. The molecule has 74 valence electrons. The second kappa shape index (κ2) is 3.45. The molecular formula is C12H14O2. The average Bonchev–Trinajstić information content (AvgIpc) is 2.56. The summed E-state index contributed by atoms with van der Waals surface area (Å²) in [7, 11) is 0. The van der Waals surface area contributed by atoms with Crippen LogP contribution >= 0.6 is 0 Å². The topological polar surface area (TPSA) is 37.3 Å². The van der Waals surface area contributed by atoms with Crippen molar-refractivity contribution in [2.45, 2.75) is 31.6 Å². The minimum atomic E-state index is -0.687. The van der Waals surface area contributed by atoms with E-state index in [4.69, 9.17) is 5.11 Å². The first-order chi connectivity index (χ1) is 6.74. The molecule has 2 nitrogen and oxygen atoms in total. The van der Waals surface area contributed by atoms with Gasteiger partial charge in [0.05, 0.1) is 5.92 Å². The Morgan fingerprint density at radius 3 is 2.64 bits per heavy atom. The van der Waals surface area contributed by atoms with E-state index in [2.05, 4.69) is 13.0 Å². The lowest BCUT2D eigenvalue weighted by Crippen LogP contribution is -2.07. The van der Waals surface area contributed by atoms with Crippen molar-refractivity contribution in [3.8, 4) is 0 Å². The molecule has 14 heavy (non-hydrogen) atoms. The average molecular weight is 190 g/mol. The van der Waals surface area contributed by atoms with Crippen molar-refractivity contribution >= 4 is 5.97 Å². The van der Waals surface area contributed by atoms with Crippen LogP contribution in [0.5, 0.6) is 0 Å². The fraction of sp³-hybridized carbons (Fsp3) is 0.417. The van der Waals surface area contributed by atoms with E-state index < -0.39 is 5.97 Å². The molecule has 0 radical (unpaired) electrons. The Labute approximate surface area is 83.6 Å². The van der Waals surface area contributed by atoms with Crippen LogP contribution in [0.15, 0.2) is 24.3 Å². The van der Waals surface area contributed by atoms with E-state index in [1.54, 1.807) is 0 Å². The molecule has 1 aliphatic carbocycles. The summed E-state index contributed by atoms with van der Waals surface area (Å²) in [5.41, 5.74) is 2.26. The zero-order valence-electron chi connectivity index (χ0n) is 8.23. The first-order valence-corrected chi connectivity index (χ1v) is 5.05. The Hall–Kier alpha value is -1.31. The molecule has 0 aliphatic heterocycles. The second-order valence-corrected chi connectivity index (χ2v) is 3.86. The van der Waals surface area contributed by atoms with Gasteiger partial charge in [-0.15, -0.1) is 0 Å². The lowest BCUT2D eigenvalue weighted by atomic mass is 9.99. The molecule has 1 aromatic carbocycles. The van der Waals surface area contributed by atoms with Crippen molar-refractivity contribution < 1.29 is 9.90 Å². The third-order valence-electron chi connectivity index (χ3n) is 3.12. The Morgan fingerprint density at radius 2 is 2.07 bits per heavy atom. The molecule has 0 saturated carbocycles. The van der Waals surface area contributed by atoms with Gasteiger partial charge in [0.1, 0.15) is 0 Å². The number of rotatable bonds is 2. The van der Waals surface area contributed by atoms with Gasteiger partial charge < -0.3 is 5.11 Å². The smallest absolute Gasteiger partial charge is 0.311 e. The van der Waals surface area contributed by atoms with Gasteiger partial charge in [-0.1, -0.05) is 31.2 Å². The molecule has 0 amide bonds. The van der Waals surface area contributed by atoms with E-state index in [0.717, 1.165) is 18.4 Å². The van der Waals surface area contributed by atoms with Crippen LogP contribution in [-0.2, 0) is 4.79 Å². The van der Waals surface area contributed by atoms with Gasteiger partial charge in [-0.05, 0) is 29.9 Å². The zero-order valence-corrected chi connectivity index (χ0v) is 8.23. The number of carboxylic acids is 1. The van der Waals surface area contributed by atoms with Gasteiger partial charge in [-0.3, -0.25) is 4.79 Å². The summed E-state index contributed by atoms with van der Waals surface area (Å²) in [4.78, 5) is 11.0. The van der Waals surface area contributed by atoms with Gasteiger partial charge in [0.2, 0.25) is 0 Å². The minimum absolute atomic E-state index is 0.281. The van der Waals surface area contributed by atoms with Gasteiger partial charge in [-0.25, -0.2) is 0 Å². The molecule has 0 aromatic heterocycles. The second-order valence-electron chi connectivity index (χ2n) is 3.86. The van der Waals surface area contributed by atoms with E-state index in [1.165, 1.54) is 5.56 Å². The van der Waals surface area contributed by atoms with Gasteiger partial charge in [0.15, 0.2) is 0 Å². The molecular weight excluding hydrogens is 176 g/mol. The monoisotopic (exact) mass is 190 g/mol. The molecule has 2 rings (SSSR count). The van der Waals surface area contributed by atoms with Crippen LogP contribution in [0.1, 0.15) is 42.7 Å². The van der Waals surface area contributed by atoms with Gasteiger partial charge in [-0.2, -0.15) is 0 Å². The van der Waals surface area contributed by atoms with Crippen LogP contribution in [0.3, 0.4) is 0 Å². The highest BCUT2D eigenvalue weighted by molar-refractivity contribution is 5.78. The van der Waals surface area contributed by atoms with Crippen molar-refractivity contribution in [1.82, 2.24) is 0 Å². The molecule has 0 fully saturated rings. The van der Waals surface area contributed by atoms with Crippen molar-refractivity contribution in [2.24, 2.45) is 0 Å². The maximum Gasteiger partial charge on any atom is 0.311 e. The van der Waals surface area contributed by atoms with Crippen LogP contribution in [0.2, 0.25) is 0 Å². The van der Waals surface area contributed by atoms with Crippen LogP contribution in [-0.4, -0.2) is 11.1 Å². The Morgan fingerprint density at radius 1 is 1.43 bits per heavy atom. The largest absolute Gasteiger partial charge is 0.481 e. The summed E-state index contributed by atoms with van der Waals surface area (Å²) in [6, 6.07) is 7.93. The number of carbonyl (C=O) groups is 1. The van der Waals surface area contributed by atoms with E-state index in [9.17, 15) is 4.79 Å². The third kappa shape index (κ3) is 1.31. The summed E-state index contributed by atoms with van der Waals surface area (Å²) in [5.74, 6) is -0.531. The number of hydrogen-bond donors (Lipinski definition) is 1. The molecule has 2 atom stereocenters. The highest BCUT2D eigenvalue weighted by atomic mass is 16.4. The lowest BCUT2D eigenvalue weighted by molar-refractivity contribution is -0.138. The van der Waals surface area contributed by atoms with Crippen LogP contribution in [0, 0.1) is 0 Å². The Kier molecular flexibility index (Phi) is 2.28. The van der Waals surface area contributed by atoms with Gasteiger partial charge >= 0.3 is 5.97 Å². The predicted octanol–water partition coefficient (Wildman–Crippen LogP) is 2.75. The quantitative estimate of drug-likeness (QED) is 0.778. The number of hydrogen-bond acceptors (Lipinski definition) is 1. The molecule has 0 spiro atoms. The van der Waals surface area contributed by atoms with Crippen LogP contribution in [0.25, 0.3) is 0 Å². The molecule has 1 aliphatic rings. The zero-order chi connectivity index (χ0) is 10.1. The molecule has 0 saturated heterocycles. The van der Waals surface area contributed by atoms with Crippen LogP contribution < -0.4 is 0 Å². The molecule has 1 N–H and O–H groups in total. The molecule has 0 bridgehead atoms. The highest BCUT2D eigenvalue weighted by Gasteiger charge is 2.33. The maximum atomic E-state index is 11.0. The maximum absolute atomic E-state index is 11.0. The summed E-state index contributed by atoms with van der Waals surface area (Å²) in [5, 5.41) is 9.07. The van der Waals surface area contributed by atoms with E-state index in [1.807, 2.05) is 18.2 Å². The fourth-order valence-electron chi connectivity index (χ4n) is 2.36. The Balaban J connectivity index is 2.43. The summed E-state index contributed by atoms with van der Waals surface area (Å²) in [6.45, 7) is 2.12. The molecule has 2 heteroatoms. The normalized spacial score (nSPS) is 24.6. The third-order valence-corrected chi connectivity index (χ3v) is 3.12. The number of fused-ring (bicyclic) bond motifs is 1. The van der Waals surface area contributed by atoms with Crippen molar-refractivity contribution in [1.29, 1.82) is 0 Å². The number of aliphatic carboxylic acids is 1. The summed E-state index contributed by atoms with van der Waals surface area (Å²) in [6.07, 6.45) is 1.80. The number of carboxylic acid groups (broad SMARTS) is 1. The SMILES string of the molecule is CCC1CC(C(=O)O)c2ccccc21. The Bertz CT molecular complexity index is 357. The highest BCUT2D eigenvalue weighted by Crippen LogP contribution is 2.43. The molecule has 0 heterocycles. The lowest BCUT2D eigenvalue weighted by Gasteiger charge is -2.06. The van der Waals surface area contributed by atoms with Crippen molar-refractivity contribution in [3.63, 3.8) is 0 Å². The van der Waals surface area contributed by atoms with Gasteiger partial charge in [0.25, 0.3) is 0 Å². The van der Waals surface area contributed by atoms with E-state index >= 15 is 0 Å². The molecule has 1 aromatic rings. The summed E-state index contributed by atoms with van der Waals surface area (Å²) < 4.78 is 0. The molecule has 2 unspecified atom stereocenters. The van der Waals surface area contributed by atoms with E-state index in [0.29, 0.717) is 5.92 Å². The van der Waals surface area contributed by atoms with E-state index in [-0.39, 0.29) is 5.92 Å². The van der Waals surface area contributed by atoms with Gasteiger partial charge in [0, 0.05) is 0 Å².